The Labute approximate surface area is 102 Å². The number of anilines is 1. The Morgan fingerprint density at radius 1 is 1.38 bits per heavy atom. The maximum absolute atomic E-state index is 4.58. The molecule has 2 nitrogen and oxygen atoms in total. The van der Waals surface area contributed by atoms with Gasteiger partial charge in [0.2, 0.25) is 0 Å². The molecule has 1 N–H and O–H groups in total. The minimum absolute atomic E-state index is 0.654. The zero-order valence-corrected chi connectivity index (χ0v) is 11.1. The van der Waals surface area contributed by atoms with Crippen LogP contribution in [0.2, 0.25) is 0 Å². The molecule has 2 rings (SSSR count). The van der Waals surface area contributed by atoms with Crippen molar-refractivity contribution in [2.75, 3.05) is 5.32 Å². The Balaban J connectivity index is 1.88. The molecular formula is C13H22N2S. The molecule has 0 aliphatic heterocycles. The molecule has 0 bridgehead atoms. The molecule has 1 aromatic rings. The second kappa shape index (κ2) is 5.67. The van der Waals surface area contributed by atoms with E-state index in [0.29, 0.717) is 6.04 Å². The van der Waals surface area contributed by atoms with Crippen molar-refractivity contribution in [2.24, 2.45) is 5.92 Å². The van der Waals surface area contributed by atoms with Crippen LogP contribution in [0.1, 0.15) is 51.6 Å². The number of aryl methyl sites for hydroxylation is 1. The fourth-order valence-corrected chi connectivity index (χ4v) is 3.21. The number of rotatable bonds is 3. The van der Waals surface area contributed by atoms with Crippen LogP contribution < -0.4 is 5.32 Å². The van der Waals surface area contributed by atoms with Crippen LogP contribution in [0.25, 0.3) is 0 Å². The number of nitrogens with one attached hydrogen (secondary N) is 1. The first kappa shape index (κ1) is 11.9. The molecule has 16 heavy (non-hydrogen) atoms. The quantitative estimate of drug-likeness (QED) is 0.802. The minimum atomic E-state index is 0.654. The third-order valence-corrected chi connectivity index (χ3v) is 4.32. The summed E-state index contributed by atoms with van der Waals surface area (Å²) in [5, 5.41) is 6.89. The van der Waals surface area contributed by atoms with Gasteiger partial charge in [0.05, 0.1) is 5.69 Å². The van der Waals surface area contributed by atoms with E-state index in [4.69, 9.17) is 0 Å². The van der Waals surface area contributed by atoms with Crippen LogP contribution in [0.15, 0.2) is 5.38 Å². The fraction of sp³-hybridized carbons (Fsp3) is 0.769. The fourth-order valence-electron chi connectivity index (χ4n) is 2.34. The van der Waals surface area contributed by atoms with Gasteiger partial charge < -0.3 is 5.32 Å². The topological polar surface area (TPSA) is 24.9 Å². The first-order valence-corrected chi connectivity index (χ1v) is 7.37. The minimum Gasteiger partial charge on any atom is -0.359 e. The highest BCUT2D eigenvalue weighted by Gasteiger charge is 2.16. The summed E-state index contributed by atoms with van der Waals surface area (Å²) in [4.78, 5) is 4.58. The summed E-state index contributed by atoms with van der Waals surface area (Å²) in [6, 6.07) is 0.654. The molecule has 1 aliphatic carbocycles. The van der Waals surface area contributed by atoms with Gasteiger partial charge in [-0.1, -0.05) is 26.7 Å². The first-order chi connectivity index (χ1) is 7.78. The lowest BCUT2D eigenvalue weighted by Crippen LogP contribution is -2.18. The van der Waals surface area contributed by atoms with Gasteiger partial charge in [0, 0.05) is 11.4 Å². The van der Waals surface area contributed by atoms with E-state index in [1.807, 2.05) is 0 Å². The van der Waals surface area contributed by atoms with Gasteiger partial charge in [-0.2, -0.15) is 0 Å². The Bertz CT molecular complexity index is 321. The van der Waals surface area contributed by atoms with Crippen molar-refractivity contribution in [3.63, 3.8) is 0 Å². The van der Waals surface area contributed by atoms with Gasteiger partial charge in [0.15, 0.2) is 5.13 Å². The second-order valence-electron chi connectivity index (χ2n) is 4.95. The zero-order valence-electron chi connectivity index (χ0n) is 10.3. The molecule has 0 spiro atoms. The van der Waals surface area contributed by atoms with Crippen molar-refractivity contribution in [1.29, 1.82) is 0 Å². The summed E-state index contributed by atoms with van der Waals surface area (Å²) in [6.07, 6.45) is 7.79. The highest BCUT2D eigenvalue weighted by Crippen LogP contribution is 2.26. The standard InChI is InChI=1S/C13H22N2S/c1-3-11-9-16-13(14-11)15-12-6-4-5-10(2)7-8-12/h9-10,12H,3-8H2,1-2H3,(H,14,15). The summed E-state index contributed by atoms with van der Waals surface area (Å²) >= 11 is 1.75. The van der Waals surface area contributed by atoms with Crippen molar-refractivity contribution in [3.05, 3.63) is 11.1 Å². The predicted molar refractivity (Wildman–Crippen MR) is 71.2 cm³/mol. The summed E-state index contributed by atoms with van der Waals surface area (Å²) < 4.78 is 0. The molecule has 0 aromatic carbocycles. The van der Waals surface area contributed by atoms with Gasteiger partial charge in [-0.25, -0.2) is 4.98 Å². The van der Waals surface area contributed by atoms with E-state index in [2.05, 4.69) is 29.5 Å². The van der Waals surface area contributed by atoms with Crippen molar-refractivity contribution in [3.8, 4) is 0 Å². The SMILES string of the molecule is CCc1csc(NC2CCCC(C)CC2)n1. The molecule has 1 heterocycles. The Morgan fingerprint density at radius 3 is 3.00 bits per heavy atom. The van der Waals surface area contributed by atoms with E-state index >= 15 is 0 Å². The predicted octanol–water partition coefficient (Wildman–Crippen LogP) is 4.09. The molecule has 1 saturated carbocycles. The smallest absolute Gasteiger partial charge is 0.183 e. The average molecular weight is 238 g/mol. The molecular weight excluding hydrogens is 216 g/mol. The molecule has 3 heteroatoms. The Morgan fingerprint density at radius 2 is 2.25 bits per heavy atom. The van der Waals surface area contributed by atoms with E-state index in [9.17, 15) is 0 Å². The summed E-state index contributed by atoms with van der Waals surface area (Å²) in [5.74, 6) is 0.911. The van der Waals surface area contributed by atoms with Gasteiger partial charge in [0.1, 0.15) is 0 Å². The molecule has 1 fully saturated rings. The van der Waals surface area contributed by atoms with Crippen molar-refractivity contribution >= 4 is 16.5 Å². The summed E-state index contributed by atoms with van der Waals surface area (Å²) in [7, 11) is 0. The van der Waals surface area contributed by atoms with Crippen molar-refractivity contribution < 1.29 is 0 Å². The lowest BCUT2D eigenvalue weighted by Gasteiger charge is -2.15. The van der Waals surface area contributed by atoms with E-state index < -0.39 is 0 Å². The summed E-state index contributed by atoms with van der Waals surface area (Å²) in [5.41, 5.74) is 1.22. The average Bonchev–Trinajstić information content (AvgIpc) is 2.63. The number of nitrogens with zero attached hydrogens (tertiary/aromatic N) is 1. The Hall–Kier alpha value is -0.570. The maximum atomic E-state index is 4.58. The monoisotopic (exact) mass is 238 g/mol. The van der Waals surface area contributed by atoms with Gasteiger partial charge >= 0.3 is 0 Å². The second-order valence-corrected chi connectivity index (χ2v) is 5.81. The number of hydrogen-bond donors (Lipinski definition) is 1. The number of thiazole rings is 1. The molecule has 1 aliphatic rings. The Kier molecular flexibility index (Phi) is 4.22. The molecule has 0 saturated heterocycles. The third-order valence-electron chi connectivity index (χ3n) is 3.50. The first-order valence-electron chi connectivity index (χ1n) is 6.49. The van der Waals surface area contributed by atoms with Gasteiger partial charge in [0.25, 0.3) is 0 Å². The lowest BCUT2D eigenvalue weighted by atomic mass is 10.0. The van der Waals surface area contributed by atoms with E-state index in [-0.39, 0.29) is 0 Å². The van der Waals surface area contributed by atoms with Crippen LogP contribution in [0.4, 0.5) is 5.13 Å². The van der Waals surface area contributed by atoms with E-state index in [1.54, 1.807) is 11.3 Å². The van der Waals surface area contributed by atoms with E-state index in [1.165, 1.54) is 37.8 Å². The van der Waals surface area contributed by atoms with Gasteiger partial charge in [-0.15, -0.1) is 11.3 Å². The maximum Gasteiger partial charge on any atom is 0.183 e. The third kappa shape index (κ3) is 3.21. The molecule has 2 unspecified atom stereocenters. The van der Waals surface area contributed by atoms with Crippen LogP contribution in [0.3, 0.4) is 0 Å². The normalized spacial score (nSPS) is 26.4. The number of hydrogen-bond acceptors (Lipinski definition) is 3. The van der Waals surface area contributed by atoms with Gasteiger partial charge in [-0.3, -0.25) is 0 Å². The lowest BCUT2D eigenvalue weighted by molar-refractivity contribution is 0.502. The van der Waals surface area contributed by atoms with E-state index in [0.717, 1.165) is 17.5 Å². The number of aromatic nitrogens is 1. The molecule has 1 aromatic heterocycles. The van der Waals surface area contributed by atoms with Crippen LogP contribution in [0.5, 0.6) is 0 Å². The molecule has 90 valence electrons. The van der Waals surface area contributed by atoms with Crippen molar-refractivity contribution in [2.45, 2.75) is 58.4 Å². The highest BCUT2D eigenvalue weighted by atomic mass is 32.1. The highest BCUT2D eigenvalue weighted by molar-refractivity contribution is 7.13. The van der Waals surface area contributed by atoms with Crippen LogP contribution in [0, 0.1) is 5.92 Å². The molecule has 2 atom stereocenters. The van der Waals surface area contributed by atoms with Crippen LogP contribution >= 0.6 is 11.3 Å². The van der Waals surface area contributed by atoms with Crippen LogP contribution in [-0.2, 0) is 6.42 Å². The molecule has 0 radical (unpaired) electrons. The largest absolute Gasteiger partial charge is 0.359 e. The van der Waals surface area contributed by atoms with Crippen LogP contribution in [-0.4, -0.2) is 11.0 Å². The zero-order chi connectivity index (χ0) is 11.4. The van der Waals surface area contributed by atoms with Crippen molar-refractivity contribution in [1.82, 2.24) is 4.98 Å². The summed E-state index contributed by atoms with van der Waals surface area (Å²) in [6.45, 7) is 4.53. The molecule has 0 amide bonds. The van der Waals surface area contributed by atoms with Gasteiger partial charge in [-0.05, 0) is 31.6 Å².